The minimum Gasteiger partial charge on any atom is -0.361 e. The number of aromatic nitrogens is 1. The summed E-state index contributed by atoms with van der Waals surface area (Å²) in [6.07, 6.45) is 4.15. The number of hydrogen-bond acceptors (Lipinski definition) is 1. The zero-order valence-corrected chi connectivity index (χ0v) is 10.9. The quantitative estimate of drug-likeness (QED) is 0.727. The minimum absolute atomic E-state index is 0.838. The van der Waals surface area contributed by atoms with Gasteiger partial charge in [0.25, 0.3) is 0 Å². The van der Waals surface area contributed by atoms with Gasteiger partial charge in [-0.15, -0.1) is 0 Å². The predicted molar refractivity (Wildman–Crippen MR) is 72.4 cm³/mol. The van der Waals surface area contributed by atoms with E-state index in [1.807, 2.05) is 6.20 Å². The molecular weight excluding hydrogens is 216 g/mol. The molecular formula is C13H16N2S. The molecule has 0 fully saturated rings. The number of rotatable bonds is 1. The molecule has 1 aliphatic heterocycles. The van der Waals surface area contributed by atoms with E-state index in [0.717, 1.165) is 16.4 Å². The summed E-state index contributed by atoms with van der Waals surface area (Å²) in [5.41, 5.74) is 7.23. The lowest BCUT2D eigenvalue weighted by Gasteiger charge is -2.01. The van der Waals surface area contributed by atoms with Crippen molar-refractivity contribution < 1.29 is 0 Å². The molecule has 0 aliphatic carbocycles. The van der Waals surface area contributed by atoms with Crippen LogP contribution in [0.3, 0.4) is 0 Å². The lowest BCUT2D eigenvalue weighted by Crippen LogP contribution is -2.13. The van der Waals surface area contributed by atoms with Crippen molar-refractivity contribution in [1.82, 2.24) is 10.3 Å². The predicted octanol–water partition coefficient (Wildman–Crippen LogP) is 3.24. The number of aromatic amines is 1. The molecule has 0 atom stereocenters. The Morgan fingerprint density at radius 3 is 2.25 bits per heavy atom. The van der Waals surface area contributed by atoms with Crippen LogP contribution in [0.2, 0.25) is 0 Å². The number of H-pyrrole nitrogens is 1. The third-order valence-electron chi connectivity index (χ3n) is 3.28. The van der Waals surface area contributed by atoms with Gasteiger partial charge in [0, 0.05) is 17.6 Å². The fourth-order valence-corrected chi connectivity index (χ4v) is 2.00. The highest BCUT2D eigenvalue weighted by Gasteiger charge is 2.17. The number of thiocarbonyl (C=S) groups is 1. The van der Waals surface area contributed by atoms with Crippen LogP contribution in [0.25, 0.3) is 6.08 Å². The molecule has 2 rings (SSSR count). The first-order valence-corrected chi connectivity index (χ1v) is 5.77. The molecule has 2 nitrogen and oxygen atoms in total. The normalized spacial score (nSPS) is 18.5. The Kier molecular flexibility index (Phi) is 2.72. The summed E-state index contributed by atoms with van der Waals surface area (Å²) in [6, 6.07) is 0. The molecule has 84 valence electrons. The smallest absolute Gasteiger partial charge is 0.106 e. The molecule has 0 unspecified atom stereocenters. The molecule has 3 heteroatoms. The van der Waals surface area contributed by atoms with Crippen molar-refractivity contribution in [1.29, 1.82) is 0 Å². The Bertz CT molecular complexity index is 518. The zero-order chi connectivity index (χ0) is 11.9. The number of nitrogens with one attached hydrogen (secondary N) is 2. The van der Waals surface area contributed by atoms with Gasteiger partial charge in [-0.25, -0.2) is 0 Å². The van der Waals surface area contributed by atoms with E-state index in [1.54, 1.807) is 0 Å². The number of aryl methyl sites for hydroxylation is 1. The van der Waals surface area contributed by atoms with Crippen LogP contribution in [0, 0.1) is 13.8 Å². The second kappa shape index (κ2) is 3.91. The van der Waals surface area contributed by atoms with Gasteiger partial charge in [-0.2, -0.15) is 0 Å². The van der Waals surface area contributed by atoms with E-state index >= 15 is 0 Å². The fraction of sp³-hybridized carbons (Fsp3) is 0.308. The van der Waals surface area contributed by atoms with E-state index in [1.165, 1.54) is 22.3 Å². The van der Waals surface area contributed by atoms with E-state index in [-0.39, 0.29) is 0 Å². The average molecular weight is 232 g/mol. The van der Waals surface area contributed by atoms with Crippen molar-refractivity contribution in [2.45, 2.75) is 27.7 Å². The summed E-state index contributed by atoms with van der Waals surface area (Å²) in [4.78, 5) is 4.11. The molecule has 1 aromatic rings. The molecule has 2 heterocycles. The summed E-state index contributed by atoms with van der Waals surface area (Å²) in [7, 11) is 0. The number of hydrogen-bond donors (Lipinski definition) is 2. The fourth-order valence-electron chi connectivity index (χ4n) is 1.74. The molecule has 1 aromatic heterocycles. The van der Waals surface area contributed by atoms with Crippen molar-refractivity contribution in [2.24, 2.45) is 0 Å². The monoisotopic (exact) mass is 232 g/mol. The van der Waals surface area contributed by atoms with Gasteiger partial charge in [0.2, 0.25) is 0 Å². The van der Waals surface area contributed by atoms with Crippen LogP contribution in [0.1, 0.15) is 30.7 Å². The Morgan fingerprint density at radius 1 is 1.12 bits per heavy atom. The molecule has 16 heavy (non-hydrogen) atoms. The SMILES string of the molecule is CC1=C(C)/C(=C/c2[nH]cc(C)c2C)NC1=S. The Labute approximate surface area is 101 Å². The van der Waals surface area contributed by atoms with E-state index in [2.05, 4.69) is 44.1 Å². The molecule has 1 aliphatic rings. The zero-order valence-electron chi connectivity index (χ0n) is 10.1. The first-order valence-electron chi connectivity index (χ1n) is 5.36. The van der Waals surface area contributed by atoms with Crippen LogP contribution >= 0.6 is 12.2 Å². The summed E-state index contributed by atoms with van der Waals surface area (Å²) in [6.45, 7) is 8.38. The van der Waals surface area contributed by atoms with Crippen molar-refractivity contribution >= 4 is 23.3 Å². The maximum absolute atomic E-state index is 5.23. The van der Waals surface area contributed by atoms with Gasteiger partial charge in [-0.3, -0.25) is 0 Å². The van der Waals surface area contributed by atoms with Crippen molar-refractivity contribution in [3.05, 3.63) is 39.9 Å². The Balaban J connectivity index is 2.41. The van der Waals surface area contributed by atoms with Gasteiger partial charge < -0.3 is 10.3 Å². The molecule has 0 amide bonds. The van der Waals surface area contributed by atoms with Crippen LogP contribution in [-0.2, 0) is 0 Å². The molecule has 0 spiro atoms. The third-order valence-corrected chi connectivity index (χ3v) is 3.69. The Morgan fingerprint density at radius 2 is 1.81 bits per heavy atom. The van der Waals surface area contributed by atoms with Crippen LogP contribution in [0.5, 0.6) is 0 Å². The topological polar surface area (TPSA) is 27.8 Å². The molecule has 0 saturated heterocycles. The summed E-state index contributed by atoms with van der Waals surface area (Å²) in [5.74, 6) is 0. The average Bonchev–Trinajstić information content (AvgIpc) is 2.68. The second-order valence-corrected chi connectivity index (χ2v) is 4.68. The standard InChI is InChI=1S/C13H16N2S/c1-7-6-14-11(8(7)2)5-12-9(3)10(4)13(16)15-12/h5-6,14H,1-4H3,(H,15,16)/b12-5-. The van der Waals surface area contributed by atoms with Gasteiger partial charge in [-0.1, -0.05) is 12.2 Å². The van der Waals surface area contributed by atoms with E-state index < -0.39 is 0 Å². The van der Waals surface area contributed by atoms with Gasteiger partial charge in [0.05, 0.1) is 0 Å². The first-order chi connectivity index (χ1) is 7.50. The maximum atomic E-state index is 5.23. The number of allylic oxidation sites excluding steroid dienone is 1. The van der Waals surface area contributed by atoms with Crippen molar-refractivity contribution in [3.63, 3.8) is 0 Å². The van der Waals surface area contributed by atoms with E-state index in [4.69, 9.17) is 12.2 Å². The largest absolute Gasteiger partial charge is 0.361 e. The summed E-state index contributed by atoms with van der Waals surface area (Å²) < 4.78 is 0. The molecule has 0 saturated carbocycles. The van der Waals surface area contributed by atoms with Crippen molar-refractivity contribution in [3.8, 4) is 0 Å². The highest BCUT2D eigenvalue weighted by atomic mass is 32.1. The molecule has 0 bridgehead atoms. The molecule has 2 N–H and O–H groups in total. The lowest BCUT2D eigenvalue weighted by molar-refractivity contribution is 1.20. The maximum Gasteiger partial charge on any atom is 0.106 e. The van der Waals surface area contributed by atoms with E-state index in [9.17, 15) is 0 Å². The molecule has 0 aromatic carbocycles. The van der Waals surface area contributed by atoms with E-state index in [0.29, 0.717) is 0 Å². The van der Waals surface area contributed by atoms with Crippen LogP contribution in [-0.4, -0.2) is 9.97 Å². The summed E-state index contributed by atoms with van der Waals surface area (Å²) in [5, 5.41) is 3.24. The van der Waals surface area contributed by atoms with Crippen LogP contribution in [0.15, 0.2) is 23.0 Å². The summed E-state index contributed by atoms with van der Waals surface area (Å²) >= 11 is 5.23. The molecule has 0 radical (unpaired) electrons. The highest BCUT2D eigenvalue weighted by molar-refractivity contribution is 7.80. The first kappa shape index (κ1) is 11.1. The van der Waals surface area contributed by atoms with Crippen LogP contribution in [0.4, 0.5) is 0 Å². The second-order valence-electron chi connectivity index (χ2n) is 4.27. The van der Waals surface area contributed by atoms with Gasteiger partial charge in [-0.05, 0) is 56.0 Å². The van der Waals surface area contributed by atoms with Crippen LogP contribution < -0.4 is 5.32 Å². The highest BCUT2D eigenvalue weighted by Crippen LogP contribution is 2.24. The lowest BCUT2D eigenvalue weighted by atomic mass is 10.1. The van der Waals surface area contributed by atoms with Crippen molar-refractivity contribution in [2.75, 3.05) is 0 Å². The third kappa shape index (κ3) is 1.71. The minimum atomic E-state index is 0.838. The Hall–Kier alpha value is -1.35. The van der Waals surface area contributed by atoms with Gasteiger partial charge in [0.15, 0.2) is 0 Å². The van der Waals surface area contributed by atoms with Gasteiger partial charge in [0.1, 0.15) is 4.99 Å². The van der Waals surface area contributed by atoms with Gasteiger partial charge >= 0.3 is 0 Å².